The molecule has 0 amide bonds. The van der Waals surface area contributed by atoms with E-state index in [4.69, 9.17) is 5.11 Å². The Morgan fingerprint density at radius 3 is 2.59 bits per heavy atom. The first-order valence-corrected chi connectivity index (χ1v) is 8.93. The van der Waals surface area contributed by atoms with Crippen LogP contribution in [0.4, 0.5) is 0 Å². The molecular formula is C9H19NO5S2. The van der Waals surface area contributed by atoms with E-state index in [0.717, 1.165) is 0 Å². The second-order valence-corrected chi connectivity index (χ2v) is 8.81. The van der Waals surface area contributed by atoms with Gasteiger partial charge >= 0.3 is 0 Å². The third-order valence-electron chi connectivity index (χ3n) is 2.88. The normalized spacial score (nSPS) is 25.9. The summed E-state index contributed by atoms with van der Waals surface area (Å²) in [5.41, 5.74) is 0. The monoisotopic (exact) mass is 285 g/mol. The minimum Gasteiger partial charge on any atom is -0.396 e. The molecule has 0 aromatic carbocycles. The Balaban J connectivity index is 2.53. The molecule has 17 heavy (non-hydrogen) atoms. The largest absolute Gasteiger partial charge is 0.396 e. The van der Waals surface area contributed by atoms with Crippen LogP contribution < -0.4 is 4.72 Å². The Labute approximate surface area is 102 Å². The van der Waals surface area contributed by atoms with Gasteiger partial charge < -0.3 is 5.11 Å². The molecular weight excluding hydrogens is 266 g/mol. The lowest BCUT2D eigenvalue weighted by Gasteiger charge is -2.14. The molecule has 1 fully saturated rings. The molecule has 2 unspecified atom stereocenters. The highest BCUT2D eigenvalue weighted by Gasteiger charge is 2.36. The zero-order chi connectivity index (χ0) is 13.1. The third kappa shape index (κ3) is 4.53. The molecule has 0 saturated carbocycles. The van der Waals surface area contributed by atoms with Crippen LogP contribution in [0.1, 0.15) is 19.8 Å². The smallest absolute Gasteiger partial charge is 0.215 e. The maximum Gasteiger partial charge on any atom is 0.215 e. The fraction of sp³-hybridized carbons (Fsp3) is 1.00. The van der Waals surface area contributed by atoms with Crippen molar-refractivity contribution in [2.45, 2.75) is 25.0 Å². The van der Waals surface area contributed by atoms with Crippen LogP contribution in [0.5, 0.6) is 0 Å². The fourth-order valence-electron chi connectivity index (χ4n) is 1.70. The molecule has 1 saturated heterocycles. The molecule has 0 bridgehead atoms. The quantitative estimate of drug-likeness (QED) is 0.659. The van der Waals surface area contributed by atoms with Crippen molar-refractivity contribution >= 4 is 19.9 Å². The van der Waals surface area contributed by atoms with Crippen LogP contribution in [0.25, 0.3) is 0 Å². The average molecular weight is 285 g/mol. The van der Waals surface area contributed by atoms with E-state index in [-0.39, 0.29) is 37.0 Å². The molecule has 1 heterocycles. The van der Waals surface area contributed by atoms with Crippen LogP contribution in [-0.2, 0) is 19.9 Å². The summed E-state index contributed by atoms with van der Waals surface area (Å²) in [5, 5.41) is 7.86. The van der Waals surface area contributed by atoms with Crippen molar-refractivity contribution in [2.75, 3.05) is 24.7 Å². The highest BCUT2D eigenvalue weighted by atomic mass is 32.2. The van der Waals surface area contributed by atoms with E-state index in [1.807, 2.05) is 6.92 Å². The highest BCUT2D eigenvalue weighted by Crippen LogP contribution is 2.18. The van der Waals surface area contributed by atoms with Gasteiger partial charge in [-0.3, -0.25) is 0 Å². The summed E-state index contributed by atoms with van der Waals surface area (Å²) in [5.74, 6) is -0.297. The predicted octanol–water partition coefficient (Wildman–Crippen LogP) is -0.889. The summed E-state index contributed by atoms with van der Waals surface area (Å²) in [6.45, 7) is 2.07. The molecule has 1 rings (SSSR count). The number of hydrogen-bond donors (Lipinski definition) is 2. The van der Waals surface area contributed by atoms with Crippen molar-refractivity contribution in [1.29, 1.82) is 0 Å². The van der Waals surface area contributed by atoms with Gasteiger partial charge in [0.1, 0.15) is 0 Å². The van der Waals surface area contributed by atoms with Gasteiger partial charge in [0.05, 0.1) is 16.8 Å². The number of nitrogens with one attached hydrogen (secondary N) is 1. The Morgan fingerprint density at radius 1 is 1.47 bits per heavy atom. The lowest BCUT2D eigenvalue weighted by molar-refractivity contribution is 0.263. The SMILES string of the molecule is CC(CCO)CNS(=O)(=O)C1CCS(=O)(=O)C1. The standard InChI is InChI=1S/C9H19NO5S2/c1-8(2-4-11)6-10-17(14,15)9-3-5-16(12,13)7-9/h8-11H,2-7H2,1H3. The van der Waals surface area contributed by atoms with Crippen molar-refractivity contribution < 1.29 is 21.9 Å². The van der Waals surface area contributed by atoms with Gasteiger partial charge in [0.25, 0.3) is 0 Å². The van der Waals surface area contributed by atoms with Crippen molar-refractivity contribution in [3.05, 3.63) is 0 Å². The van der Waals surface area contributed by atoms with Gasteiger partial charge in [-0.1, -0.05) is 6.92 Å². The Bertz CT molecular complexity index is 442. The number of rotatable bonds is 6. The van der Waals surface area contributed by atoms with Crippen molar-refractivity contribution in [3.63, 3.8) is 0 Å². The van der Waals surface area contributed by atoms with E-state index in [1.165, 1.54) is 0 Å². The zero-order valence-electron chi connectivity index (χ0n) is 9.79. The van der Waals surface area contributed by atoms with Crippen LogP contribution >= 0.6 is 0 Å². The first kappa shape index (κ1) is 14.9. The molecule has 2 N–H and O–H groups in total. The third-order valence-corrected chi connectivity index (χ3v) is 6.71. The number of aliphatic hydroxyl groups excluding tert-OH is 1. The van der Waals surface area contributed by atoms with E-state index in [1.54, 1.807) is 0 Å². The Hall–Kier alpha value is -0.180. The van der Waals surface area contributed by atoms with Gasteiger partial charge in [-0.15, -0.1) is 0 Å². The number of aliphatic hydroxyl groups is 1. The van der Waals surface area contributed by atoms with E-state index < -0.39 is 25.1 Å². The van der Waals surface area contributed by atoms with Crippen LogP contribution in [0.3, 0.4) is 0 Å². The lowest BCUT2D eigenvalue weighted by atomic mass is 10.1. The molecule has 0 aromatic heterocycles. The molecule has 0 radical (unpaired) electrons. The zero-order valence-corrected chi connectivity index (χ0v) is 11.4. The molecule has 1 aliphatic heterocycles. The van der Waals surface area contributed by atoms with Crippen LogP contribution in [0.2, 0.25) is 0 Å². The molecule has 102 valence electrons. The minimum atomic E-state index is -3.56. The summed E-state index contributed by atoms with van der Waals surface area (Å²) >= 11 is 0. The molecule has 8 heteroatoms. The number of hydrogen-bond acceptors (Lipinski definition) is 5. The van der Waals surface area contributed by atoms with Gasteiger partial charge in [0.15, 0.2) is 9.84 Å². The molecule has 1 aliphatic rings. The summed E-state index contributed by atoms with van der Waals surface area (Å²) in [7, 11) is -6.74. The van der Waals surface area contributed by atoms with Gasteiger partial charge in [-0.2, -0.15) is 0 Å². The molecule has 0 spiro atoms. The Kier molecular flexibility index (Phi) is 4.94. The van der Waals surface area contributed by atoms with Crippen LogP contribution in [0.15, 0.2) is 0 Å². The van der Waals surface area contributed by atoms with Crippen LogP contribution in [-0.4, -0.2) is 51.8 Å². The number of sulfonamides is 1. The first-order valence-electron chi connectivity index (χ1n) is 5.56. The first-order chi connectivity index (χ1) is 7.77. The molecule has 0 aliphatic carbocycles. The molecule has 6 nitrogen and oxygen atoms in total. The van der Waals surface area contributed by atoms with Crippen molar-refractivity contribution in [3.8, 4) is 0 Å². The topological polar surface area (TPSA) is 101 Å². The summed E-state index contributed by atoms with van der Waals surface area (Å²) < 4.78 is 48.4. The van der Waals surface area contributed by atoms with E-state index in [0.29, 0.717) is 6.42 Å². The van der Waals surface area contributed by atoms with Gasteiger partial charge in [0, 0.05) is 13.2 Å². The second-order valence-electron chi connectivity index (χ2n) is 4.54. The van der Waals surface area contributed by atoms with E-state index >= 15 is 0 Å². The summed E-state index contributed by atoms with van der Waals surface area (Å²) in [6, 6.07) is 0. The highest BCUT2D eigenvalue weighted by molar-refractivity contribution is 7.95. The molecule has 2 atom stereocenters. The average Bonchev–Trinajstić information content (AvgIpc) is 2.57. The van der Waals surface area contributed by atoms with Gasteiger partial charge in [-0.25, -0.2) is 21.6 Å². The van der Waals surface area contributed by atoms with Gasteiger partial charge in [0.2, 0.25) is 10.0 Å². The lowest BCUT2D eigenvalue weighted by Crippen LogP contribution is -2.37. The number of sulfone groups is 1. The summed E-state index contributed by atoms with van der Waals surface area (Å²) in [4.78, 5) is 0. The second kappa shape index (κ2) is 5.64. The van der Waals surface area contributed by atoms with Gasteiger partial charge in [-0.05, 0) is 18.8 Å². The van der Waals surface area contributed by atoms with E-state index in [9.17, 15) is 16.8 Å². The van der Waals surface area contributed by atoms with Crippen molar-refractivity contribution in [2.24, 2.45) is 5.92 Å². The summed E-state index contributed by atoms with van der Waals surface area (Å²) in [6.07, 6.45) is 0.692. The predicted molar refractivity (Wildman–Crippen MR) is 64.8 cm³/mol. The maximum absolute atomic E-state index is 11.8. The molecule has 0 aromatic rings. The maximum atomic E-state index is 11.8. The van der Waals surface area contributed by atoms with Crippen LogP contribution in [0, 0.1) is 5.92 Å². The van der Waals surface area contributed by atoms with Crippen molar-refractivity contribution in [1.82, 2.24) is 4.72 Å². The fourth-order valence-corrected chi connectivity index (χ4v) is 5.92. The Morgan fingerprint density at radius 2 is 2.12 bits per heavy atom. The van der Waals surface area contributed by atoms with E-state index in [2.05, 4.69) is 4.72 Å². The minimum absolute atomic E-state index is 0.0146.